The molecule has 1 aliphatic rings. The molecule has 0 aliphatic carbocycles. The van der Waals surface area contributed by atoms with E-state index in [2.05, 4.69) is 15.8 Å². The van der Waals surface area contributed by atoms with Crippen LogP contribution in [0.25, 0.3) is 0 Å². The summed E-state index contributed by atoms with van der Waals surface area (Å²) >= 11 is 0. The highest BCUT2D eigenvalue weighted by molar-refractivity contribution is 6.04. The van der Waals surface area contributed by atoms with Gasteiger partial charge in [-0.05, 0) is 19.4 Å². The molecule has 2 amide bonds. The second-order valence-electron chi connectivity index (χ2n) is 5.47. The van der Waals surface area contributed by atoms with Crippen molar-refractivity contribution in [3.8, 4) is 0 Å². The average molecular weight is 303 g/mol. The van der Waals surface area contributed by atoms with Crippen molar-refractivity contribution in [3.63, 3.8) is 0 Å². The van der Waals surface area contributed by atoms with Gasteiger partial charge in [-0.1, -0.05) is 35.5 Å². The van der Waals surface area contributed by atoms with Gasteiger partial charge < -0.3 is 15.5 Å². The minimum Gasteiger partial charge on any atom is -0.382 e. The van der Waals surface area contributed by atoms with Crippen LogP contribution in [-0.2, 0) is 14.4 Å². The second-order valence-corrected chi connectivity index (χ2v) is 5.47. The molecule has 6 heteroatoms. The molecule has 1 aromatic carbocycles. The number of nitrogens with zero attached hydrogens (tertiary/aromatic N) is 1. The van der Waals surface area contributed by atoms with Crippen molar-refractivity contribution in [2.45, 2.75) is 38.8 Å². The highest BCUT2D eigenvalue weighted by atomic mass is 16.6. The Bertz CT molecular complexity index is 555. The number of hydrogen-bond donors (Lipinski definition) is 2. The first-order valence-electron chi connectivity index (χ1n) is 7.41. The zero-order valence-electron chi connectivity index (χ0n) is 12.8. The Morgan fingerprint density at radius 1 is 1.32 bits per heavy atom. The Morgan fingerprint density at radius 3 is 2.73 bits per heavy atom. The lowest BCUT2D eigenvalue weighted by Gasteiger charge is -2.11. The van der Waals surface area contributed by atoms with Gasteiger partial charge in [-0.2, -0.15) is 0 Å². The van der Waals surface area contributed by atoms with Crippen molar-refractivity contribution in [2.75, 3.05) is 6.54 Å². The van der Waals surface area contributed by atoms with Gasteiger partial charge in [0, 0.05) is 25.4 Å². The maximum absolute atomic E-state index is 12.0. The molecule has 0 unspecified atom stereocenters. The molecule has 0 spiro atoms. The van der Waals surface area contributed by atoms with Gasteiger partial charge in [0.2, 0.25) is 12.0 Å². The zero-order chi connectivity index (χ0) is 15.9. The molecular formula is C16H21N3O3. The normalized spacial score (nSPS) is 16.9. The van der Waals surface area contributed by atoms with E-state index in [1.807, 2.05) is 44.2 Å². The SMILES string of the molecule is CC(C)NC(=O)CCNC(=O)[C@H]1CC(c2ccccc2)=NO1. The molecule has 1 aromatic rings. The van der Waals surface area contributed by atoms with Gasteiger partial charge in [0.25, 0.3) is 5.91 Å². The summed E-state index contributed by atoms with van der Waals surface area (Å²) < 4.78 is 0. The number of oxime groups is 1. The lowest BCUT2D eigenvalue weighted by molar-refractivity contribution is -0.131. The van der Waals surface area contributed by atoms with E-state index in [-0.39, 0.29) is 30.8 Å². The van der Waals surface area contributed by atoms with Crippen LogP contribution < -0.4 is 10.6 Å². The summed E-state index contributed by atoms with van der Waals surface area (Å²) in [4.78, 5) is 28.6. The lowest BCUT2D eigenvalue weighted by Crippen LogP contribution is -2.38. The molecule has 6 nitrogen and oxygen atoms in total. The van der Waals surface area contributed by atoms with E-state index in [1.54, 1.807) is 0 Å². The topological polar surface area (TPSA) is 79.8 Å². The van der Waals surface area contributed by atoms with Gasteiger partial charge >= 0.3 is 0 Å². The summed E-state index contributed by atoms with van der Waals surface area (Å²) in [6, 6.07) is 9.71. The van der Waals surface area contributed by atoms with Gasteiger partial charge in [-0.25, -0.2) is 0 Å². The Hall–Kier alpha value is -2.37. The number of carbonyl (C=O) groups is 2. The van der Waals surface area contributed by atoms with Crippen LogP contribution in [0.1, 0.15) is 32.3 Å². The second kappa shape index (κ2) is 7.59. The smallest absolute Gasteiger partial charge is 0.264 e. The maximum Gasteiger partial charge on any atom is 0.264 e. The van der Waals surface area contributed by atoms with Gasteiger partial charge in [0.05, 0.1) is 5.71 Å². The van der Waals surface area contributed by atoms with E-state index in [1.165, 1.54) is 0 Å². The van der Waals surface area contributed by atoms with Crippen LogP contribution in [0.2, 0.25) is 0 Å². The van der Waals surface area contributed by atoms with Crippen LogP contribution in [0.4, 0.5) is 0 Å². The predicted octanol–water partition coefficient (Wildman–Crippen LogP) is 1.21. The van der Waals surface area contributed by atoms with Crippen LogP contribution in [0, 0.1) is 0 Å². The molecule has 22 heavy (non-hydrogen) atoms. The quantitative estimate of drug-likeness (QED) is 0.829. The van der Waals surface area contributed by atoms with Crippen LogP contribution in [-0.4, -0.2) is 36.2 Å². The third-order valence-corrected chi connectivity index (χ3v) is 3.17. The fourth-order valence-electron chi connectivity index (χ4n) is 2.13. The molecule has 2 N–H and O–H groups in total. The molecule has 0 fully saturated rings. The number of benzene rings is 1. The van der Waals surface area contributed by atoms with E-state index in [9.17, 15) is 9.59 Å². The van der Waals surface area contributed by atoms with E-state index in [0.29, 0.717) is 6.42 Å². The largest absolute Gasteiger partial charge is 0.382 e. The van der Waals surface area contributed by atoms with E-state index in [0.717, 1.165) is 11.3 Å². The Kier molecular flexibility index (Phi) is 5.52. The molecule has 0 radical (unpaired) electrons. The van der Waals surface area contributed by atoms with Crippen molar-refractivity contribution >= 4 is 17.5 Å². The molecule has 0 bridgehead atoms. The minimum absolute atomic E-state index is 0.0798. The van der Waals surface area contributed by atoms with Crippen molar-refractivity contribution in [1.82, 2.24) is 10.6 Å². The summed E-state index contributed by atoms with van der Waals surface area (Å²) in [6.45, 7) is 4.08. The summed E-state index contributed by atoms with van der Waals surface area (Å²) in [7, 11) is 0. The standard InChI is InChI=1S/C16H21N3O3/c1-11(2)18-15(20)8-9-17-16(21)14-10-13(19-22-14)12-6-4-3-5-7-12/h3-7,11,14H,8-10H2,1-2H3,(H,17,21)(H,18,20)/t14-/m1/s1. The fourth-order valence-corrected chi connectivity index (χ4v) is 2.13. The van der Waals surface area contributed by atoms with Crippen molar-refractivity contribution < 1.29 is 14.4 Å². The highest BCUT2D eigenvalue weighted by Gasteiger charge is 2.28. The van der Waals surface area contributed by atoms with Crippen LogP contribution in [0.5, 0.6) is 0 Å². The van der Waals surface area contributed by atoms with Gasteiger partial charge in [-0.3, -0.25) is 9.59 Å². The molecule has 0 saturated carbocycles. The summed E-state index contributed by atoms with van der Waals surface area (Å²) in [5.41, 5.74) is 1.72. The van der Waals surface area contributed by atoms with Crippen molar-refractivity contribution in [2.24, 2.45) is 5.16 Å². The third kappa shape index (κ3) is 4.58. The first-order valence-corrected chi connectivity index (χ1v) is 7.41. The Labute approximate surface area is 129 Å². The zero-order valence-corrected chi connectivity index (χ0v) is 12.8. The summed E-state index contributed by atoms with van der Waals surface area (Å²) in [5.74, 6) is -0.323. The first kappa shape index (κ1) is 16.0. The highest BCUT2D eigenvalue weighted by Crippen LogP contribution is 2.16. The van der Waals surface area contributed by atoms with E-state index < -0.39 is 6.10 Å². The van der Waals surface area contributed by atoms with Gasteiger partial charge in [-0.15, -0.1) is 0 Å². The number of amides is 2. The molecule has 1 aliphatic heterocycles. The predicted molar refractivity (Wildman–Crippen MR) is 83.4 cm³/mol. The van der Waals surface area contributed by atoms with Crippen LogP contribution in [0.3, 0.4) is 0 Å². The molecular weight excluding hydrogens is 282 g/mol. The number of nitrogens with one attached hydrogen (secondary N) is 2. The number of carbonyl (C=O) groups excluding carboxylic acids is 2. The molecule has 0 saturated heterocycles. The lowest BCUT2D eigenvalue weighted by atomic mass is 10.0. The monoisotopic (exact) mass is 303 g/mol. The Morgan fingerprint density at radius 2 is 2.05 bits per heavy atom. The van der Waals surface area contributed by atoms with Crippen molar-refractivity contribution in [3.05, 3.63) is 35.9 Å². The Balaban J connectivity index is 1.73. The van der Waals surface area contributed by atoms with Crippen molar-refractivity contribution in [1.29, 1.82) is 0 Å². The number of rotatable bonds is 6. The van der Waals surface area contributed by atoms with Gasteiger partial charge in [0.15, 0.2) is 0 Å². The van der Waals surface area contributed by atoms with Crippen LogP contribution >= 0.6 is 0 Å². The minimum atomic E-state index is -0.622. The van der Waals surface area contributed by atoms with E-state index in [4.69, 9.17) is 4.84 Å². The molecule has 2 rings (SSSR count). The molecule has 118 valence electrons. The van der Waals surface area contributed by atoms with Gasteiger partial charge in [0.1, 0.15) is 0 Å². The average Bonchev–Trinajstić information content (AvgIpc) is 2.97. The molecule has 1 heterocycles. The van der Waals surface area contributed by atoms with Crippen LogP contribution in [0.15, 0.2) is 35.5 Å². The maximum atomic E-state index is 12.0. The fraction of sp³-hybridized carbons (Fsp3) is 0.438. The molecule has 0 aromatic heterocycles. The summed E-state index contributed by atoms with van der Waals surface area (Å²) in [5, 5.41) is 9.44. The number of hydrogen-bond acceptors (Lipinski definition) is 4. The first-order chi connectivity index (χ1) is 10.6. The summed E-state index contributed by atoms with van der Waals surface area (Å²) in [6.07, 6.45) is 0.0697. The third-order valence-electron chi connectivity index (χ3n) is 3.17. The molecule has 1 atom stereocenters. The van der Waals surface area contributed by atoms with E-state index >= 15 is 0 Å².